The predicted molar refractivity (Wildman–Crippen MR) is 51.3 cm³/mol. The van der Waals surface area contributed by atoms with Crippen LogP contribution in [0.3, 0.4) is 0 Å². The average molecular weight is 188 g/mol. The van der Waals surface area contributed by atoms with Crippen molar-refractivity contribution in [2.75, 3.05) is 0 Å². The smallest absolute Gasteiger partial charge is 0.399 e. The fourth-order valence-corrected chi connectivity index (χ4v) is 1.11. The molecule has 0 N–H and O–H groups in total. The van der Waals surface area contributed by atoms with Crippen LogP contribution in [0.1, 0.15) is 11.1 Å². The minimum absolute atomic E-state index is 0.216. The molecule has 0 atom stereocenters. The summed E-state index contributed by atoms with van der Waals surface area (Å²) in [5, 5.41) is 0. The van der Waals surface area contributed by atoms with Crippen molar-refractivity contribution in [2.45, 2.75) is 13.8 Å². The minimum atomic E-state index is 0.216. The van der Waals surface area contributed by atoms with Crippen LogP contribution in [0.15, 0.2) is 28.9 Å². The lowest BCUT2D eigenvalue weighted by Gasteiger charge is -2.03. The lowest BCUT2D eigenvalue weighted by atomic mass is 10.1. The van der Waals surface area contributed by atoms with Gasteiger partial charge in [-0.15, -0.1) is 0 Å². The van der Waals surface area contributed by atoms with E-state index < -0.39 is 0 Å². The van der Waals surface area contributed by atoms with E-state index in [4.69, 9.17) is 9.15 Å². The number of aromatic nitrogens is 1. The molecular weight excluding hydrogens is 178 g/mol. The van der Waals surface area contributed by atoms with Crippen LogP contribution in [0.25, 0.3) is 0 Å². The second-order valence-electron chi connectivity index (χ2n) is 3.09. The van der Waals surface area contributed by atoms with Crippen LogP contribution in [-0.4, -0.2) is 4.98 Å². The van der Waals surface area contributed by atoms with Crippen LogP contribution >= 0.6 is 0 Å². The molecule has 14 heavy (non-hydrogen) atoms. The van der Waals surface area contributed by atoms with E-state index in [2.05, 4.69) is 18.1 Å². The first-order chi connectivity index (χ1) is 6.75. The van der Waals surface area contributed by atoms with Crippen molar-refractivity contribution in [3.05, 3.63) is 41.8 Å². The highest BCUT2D eigenvalue weighted by atomic mass is 16.6. The number of benzene rings is 1. The van der Waals surface area contributed by atoms with Crippen molar-refractivity contribution >= 4 is 0 Å². The van der Waals surface area contributed by atoms with Gasteiger partial charge in [0.2, 0.25) is 0 Å². The first-order valence-electron chi connectivity index (χ1n) is 4.32. The molecule has 2 rings (SSSR count). The van der Waals surface area contributed by atoms with Gasteiger partial charge in [0.25, 0.3) is 0 Å². The Bertz CT molecular complexity index is 421. The molecule has 1 heterocycles. The Morgan fingerprint density at radius 1 is 1.29 bits per heavy atom. The summed E-state index contributed by atoms with van der Waals surface area (Å²) in [6.07, 6.45) is 4.11. The maximum Gasteiger partial charge on any atom is 0.399 e. The molecule has 0 saturated heterocycles. The average Bonchev–Trinajstić information content (AvgIpc) is 2.64. The normalized spacial score (nSPS) is 10.1. The SMILES string of the molecule is Cc1ccc(Oc2n[c]co2)cc1C. The Kier molecular flexibility index (Phi) is 2.23. The molecule has 0 bridgehead atoms. The molecule has 0 unspecified atom stereocenters. The zero-order chi connectivity index (χ0) is 9.97. The van der Waals surface area contributed by atoms with Gasteiger partial charge in [-0.25, -0.2) is 0 Å². The summed E-state index contributed by atoms with van der Waals surface area (Å²) in [6, 6.07) is 5.82. The van der Waals surface area contributed by atoms with Gasteiger partial charge in [0.1, 0.15) is 18.2 Å². The van der Waals surface area contributed by atoms with Crippen LogP contribution in [0.4, 0.5) is 0 Å². The van der Waals surface area contributed by atoms with E-state index in [0.29, 0.717) is 0 Å². The summed E-state index contributed by atoms with van der Waals surface area (Å²) in [5.41, 5.74) is 2.41. The van der Waals surface area contributed by atoms with Crippen molar-refractivity contribution in [3.63, 3.8) is 0 Å². The quantitative estimate of drug-likeness (QED) is 0.726. The zero-order valence-electron chi connectivity index (χ0n) is 8.07. The third-order valence-corrected chi connectivity index (χ3v) is 2.05. The second kappa shape index (κ2) is 3.54. The summed E-state index contributed by atoms with van der Waals surface area (Å²) in [7, 11) is 0. The summed E-state index contributed by atoms with van der Waals surface area (Å²) in [6.45, 7) is 4.09. The standard InChI is InChI=1S/C11H10NO2/c1-8-3-4-10(7-9(8)2)14-11-12-5-6-13-11/h3-4,6-7H,1-2H3. The van der Waals surface area contributed by atoms with Gasteiger partial charge in [-0.1, -0.05) is 6.07 Å². The van der Waals surface area contributed by atoms with E-state index in [1.54, 1.807) is 0 Å². The molecule has 0 aliphatic heterocycles. The Morgan fingerprint density at radius 2 is 2.14 bits per heavy atom. The summed E-state index contributed by atoms with van der Waals surface area (Å²) < 4.78 is 10.3. The first kappa shape index (κ1) is 8.81. The number of rotatable bonds is 2. The molecule has 0 spiro atoms. The van der Waals surface area contributed by atoms with Crippen molar-refractivity contribution in [1.29, 1.82) is 0 Å². The Labute approximate surface area is 82.3 Å². The van der Waals surface area contributed by atoms with E-state index in [1.165, 1.54) is 17.4 Å². The molecule has 3 nitrogen and oxygen atoms in total. The van der Waals surface area contributed by atoms with Gasteiger partial charge in [0.15, 0.2) is 0 Å². The van der Waals surface area contributed by atoms with Gasteiger partial charge in [-0.2, -0.15) is 4.98 Å². The van der Waals surface area contributed by atoms with Crippen molar-refractivity contribution in [1.82, 2.24) is 4.98 Å². The summed E-state index contributed by atoms with van der Waals surface area (Å²) in [4.78, 5) is 3.75. The predicted octanol–water partition coefficient (Wildman–Crippen LogP) is 2.88. The van der Waals surface area contributed by atoms with Gasteiger partial charge >= 0.3 is 6.08 Å². The molecule has 1 aromatic heterocycles. The maximum absolute atomic E-state index is 5.35. The molecule has 0 fully saturated rings. The maximum atomic E-state index is 5.35. The molecule has 3 heteroatoms. The lowest BCUT2D eigenvalue weighted by molar-refractivity contribution is 0.330. The number of ether oxygens (including phenoxy) is 1. The van der Waals surface area contributed by atoms with Crippen LogP contribution in [-0.2, 0) is 0 Å². The van der Waals surface area contributed by atoms with Crippen molar-refractivity contribution < 1.29 is 9.15 Å². The second-order valence-corrected chi connectivity index (χ2v) is 3.09. The van der Waals surface area contributed by atoms with Crippen molar-refractivity contribution in [2.24, 2.45) is 0 Å². The van der Waals surface area contributed by atoms with Gasteiger partial charge in [0.05, 0.1) is 0 Å². The number of hydrogen-bond donors (Lipinski definition) is 0. The van der Waals surface area contributed by atoms with Gasteiger partial charge in [0, 0.05) is 0 Å². The number of nitrogens with zero attached hydrogens (tertiary/aromatic N) is 1. The number of oxazole rings is 1. The van der Waals surface area contributed by atoms with E-state index in [-0.39, 0.29) is 6.08 Å². The third-order valence-electron chi connectivity index (χ3n) is 2.05. The third kappa shape index (κ3) is 1.76. The highest BCUT2D eigenvalue weighted by Crippen LogP contribution is 2.21. The number of hydrogen-bond acceptors (Lipinski definition) is 3. The van der Waals surface area contributed by atoms with E-state index in [9.17, 15) is 0 Å². The molecule has 71 valence electrons. The molecule has 2 aromatic rings. The molecule has 1 radical (unpaired) electrons. The molecular formula is C11H10NO2. The molecule has 1 aromatic carbocycles. The Balaban J connectivity index is 2.22. The summed E-state index contributed by atoms with van der Waals surface area (Å²) >= 11 is 0. The minimum Gasteiger partial charge on any atom is -0.417 e. The first-order valence-corrected chi connectivity index (χ1v) is 4.32. The van der Waals surface area contributed by atoms with Crippen LogP contribution in [0.5, 0.6) is 11.8 Å². The van der Waals surface area contributed by atoms with Crippen LogP contribution in [0.2, 0.25) is 0 Å². The number of aryl methyl sites for hydroxylation is 2. The zero-order valence-corrected chi connectivity index (χ0v) is 8.07. The highest BCUT2D eigenvalue weighted by Gasteiger charge is 2.02. The monoisotopic (exact) mass is 188 g/mol. The van der Waals surface area contributed by atoms with E-state index >= 15 is 0 Å². The van der Waals surface area contributed by atoms with Crippen LogP contribution < -0.4 is 4.74 Å². The van der Waals surface area contributed by atoms with Gasteiger partial charge < -0.3 is 9.15 Å². The van der Waals surface area contributed by atoms with Gasteiger partial charge in [-0.05, 0) is 37.1 Å². The molecule has 0 amide bonds. The Hall–Kier alpha value is -1.77. The summed E-state index contributed by atoms with van der Waals surface area (Å²) in [5.74, 6) is 0.726. The van der Waals surface area contributed by atoms with Crippen molar-refractivity contribution in [3.8, 4) is 11.8 Å². The van der Waals surface area contributed by atoms with E-state index in [1.807, 2.05) is 25.1 Å². The van der Waals surface area contributed by atoms with Crippen LogP contribution in [0, 0.1) is 20.0 Å². The molecule has 0 aliphatic rings. The fraction of sp³-hybridized carbons (Fsp3) is 0.182. The molecule has 0 aliphatic carbocycles. The largest absolute Gasteiger partial charge is 0.417 e. The van der Waals surface area contributed by atoms with Gasteiger partial charge in [-0.3, -0.25) is 0 Å². The lowest BCUT2D eigenvalue weighted by Crippen LogP contribution is -1.86. The topological polar surface area (TPSA) is 35.3 Å². The van der Waals surface area contributed by atoms with E-state index in [0.717, 1.165) is 5.75 Å². The Morgan fingerprint density at radius 3 is 2.79 bits per heavy atom. The highest BCUT2D eigenvalue weighted by molar-refractivity contribution is 5.34. The molecule has 0 saturated carbocycles. The fourth-order valence-electron chi connectivity index (χ4n) is 1.11.